The van der Waals surface area contributed by atoms with Gasteiger partial charge in [0, 0.05) is 7.05 Å². The number of carbonyl (C=O) groups is 1. The number of nitrogens with one attached hydrogen (secondary N) is 1. The summed E-state index contributed by atoms with van der Waals surface area (Å²) in [6.45, 7) is 1.67. The molecule has 0 radical (unpaired) electrons. The van der Waals surface area contributed by atoms with E-state index in [0.717, 1.165) is 0 Å². The van der Waals surface area contributed by atoms with E-state index in [4.69, 9.17) is 0 Å². The Balaban J connectivity index is 3.48. The minimum atomic E-state index is -0.623. The molecule has 1 amide bonds. The summed E-state index contributed by atoms with van der Waals surface area (Å²) in [5, 5.41) is 12.7. The van der Waals surface area contributed by atoms with Crippen LogP contribution >= 0.6 is 12.2 Å². The van der Waals surface area contributed by atoms with E-state index in [1.54, 1.807) is 6.92 Å². The SMILES string of the molecule is CC/C([O-])=N/SOC(=O)NC. The van der Waals surface area contributed by atoms with E-state index in [0.29, 0.717) is 18.6 Å². The highest BCUT2D eigenvalue weighted by atomic mass is 32.2. The van der Waals surface area contributed by atoms with E-state index in [9.17, 15) is 9.90 Å². The summed E-state index contributed by atoms with van der Waals surface area (Å²) in [7, 11) is 1.42. The van der Waals surface area contributed by atoms with Crippen LogP contribution in [-0.4, -0.2) is 19.0 Å². The van der Waals surface area contributed by atoms with Gasteiger partial charge in [-0.05, 0) is 12.3 Å². The summed E-state index contributed by atoms with van der Waals surface area (Å²) in [5.74, 6) is -0.307. The van der Waals surface area contributed by atoms with Crippen LogP contribution in [-0.2, 0) is 4.18 Å². The average Bonchev–Trinajstić information content (AvgIpc) is 2.04. The van der Waals surface area contributed by atoms with Crippen LogP contribution in [0.5, 0.6) is 0 Å². The van der Waals surface area contributed by atoms with E-state index in [-0.39, 0.29) is 5.90 Å². The van der Waals surface area contributed by atoms with Gasteiger partial charge < -0.3 is 14.6 Å². The zero-order chi connectivity index (χ0) is 8.69. The summed E-state index contributed by atoms with van der Waals surface area (Å²) >= 11 is 0.482. The van der Waals surface area contributed by atoms with E-state index in [1.165, 1.54) is 7.05 Å². The van der Waals surface area contributed by atoms with Gasteiger partial charge in [0.25, 0.3) is 0 Å². The molecule has 0 aliphatic heterocycles. The number of hydrogen-bond acceptors (Lipinski definition) is 5. The van der Waals surface area contributed by atoms with E-state index in [1.807, 2.05) is 0 Å². The maximum atomic E-state index is 10.5. The Morgan fingerprint density at radius 3 is 2.91 bits per heavy atom. The van der Waals surface area contributed by atoms with Gasteiger partial charge in [-0.15, -0.1) is 0 Å². The predicted molar refractivity (Wildman–Crippen MR) is 40.9 cm³/mol. The molecule has 5 nitrogen and oxygen atoms in total. The number of rotatable bonds is 3. The third kappa shape index (κ3) is 5.53. The molecule has 0 atom stereocenters. The van der Waals surface area contributed by atoms with Gasteiger partial charge in [-0.3, -0.25) is 0 Å². The second-order valence-electron chi connectivity index (χ2n) is 1.53. The first-order valence-electron chi connectivity index (χ1n) is 3.00. The Morgan fingerprint density at radius 1 is 1.82 bits per heavy atom. The lowest BCUT2D eigenvalue weighted by Crippen LogP contribution is -2.17. The Labute approximate surface area is 69.2 Å². The van der Waals surface area contributed by atoms with Crippen molar-refractivity contribution in [2.24, 2.45) is 4.40 Å². The van der Waals surface area contributed by atoms with Gasteiger partial charge in [-0.2, -0.15) is 4.40 Å². The predicted octanol–water partition coefficient (Wildman–Crippen LogP) is 0.0744. The van der Waals surface area contributed by atoms with Crippen LogP contribution in [0.3, 0.4) is 0 Å². The first kappa shape index (κ1) is 10.1. The first-order valence-corrected chi connectivity index (χ1v) is 3.69. The molecule has 0 fully saturated rings. The number of hydrogen-bond donors (Lipinski definition) is 1. The van der Waals surface area contributed by atoms with Crippen LogP contribution in [0.15, 0.2) is 4.40 Å². The van der Waals surface area contributed by atoms with Crippen molar-refractivity contribution < 1.29 is 14.1 Å². The molecule has 0 aliphatic carbocycles. The third-order valence-electron chi connectivity index (χ3n) is 0.759. The van der Waals surface area contributed by atoms with Crippen molar-refractivity contribution in [3.63, 3.8) is 0 Å². The van der Waals surface area contributed by atoms with Crippen molar-refractivity contribution in [3.8, 4) is 0 Å². The molecule has 64 valence electrons. The van der Waals surface area contributed by atoms with Gasteiger partial charge in [0.2, 0.25) is 12.2 Å². The molecule has 6 heteroatoms. The Morgan fingerprint density at radius 2 is 2.45 bits per heavy atom. The second kappa shape index (κ2) is 5.84. The average molecular weight is 177 g/mol. The van der Waals surface area contributed by atoms with Crippen molar-refractivity contribution in [1.29, 1.82) is 0 Å². The highest BCUT2D eigenvalue weighted by Crippen LogP contribution is 2.03. The van der Waals surface area contributed by atoms with Gasteiger partial charge >= 0.3 is 6.09 Å². The molecule has 0 aromatic carbocycles. The highest BCUT2D eigenvalue weighted by Gasteiger charge is 1.95. The summed E-state index contributed by atoms with van der Waals surface area (Å²) in [5.41, 5.74) is 0. The van der Waals surface area contributed by atoms with Crippen molar-refractivity contribution in [3.05, 3.63) is 0 Å². The molecule has 0 bridgehead atoms. The van der Waals surface area contributed by atoms with Crippen LogP contribution in [0.1, 0.15) is 13.3 Å². The van der Waals surface area contributed by atoms with Crippen LogP contribution in [0.25, 0.3) is 0 Å². The van der Waals surface area contributed by atoms with Crippen molar-refractivity contribution in [1.82, 2.24) is 5.32 Å². The maximum absolute atomic E-state index is 10.5. The van der Waals surface area contributed by atoms with Crippen LogP contribution in [0.2, 0.25) is 0 Å². The van der Waals surface area contributed by atoms with Crippen molar-refractivity contribution >= 4 is 24.2 Å². The molecular formula is C5H9N2O3S-. The van der Waals surface area contributed by atoms with Gasteiger partial charge in [0.05, 0.1) is 0 Å². The van der Waals surface area contributed by atoms with Gasteiger partial charge in [-0.1, -0.05) is 6.92 Å². The molecule has 0 saturated heterocycles. The van der Waals surface area contributed by atoms with Gasteiger partial charge in [0.15, 0.2) is 0 Å². The molecule has 0 saturated carbocycles. The first-order chi connectivity index (χ1) is 5.20. The topological polar surface area (TPSA) is 73.8 Å². The van der Waals surface area contributed by atoms with Gasteiger partial charge in [-0.25, -0.2) is 4.79 Å². The minimum absolute atomic E-state index is 0.307. The molecule has 1 N–H and O–H groups in total. The third-order valence-corrected chi connectivity index (χ3v) is 1.26. The highest BCUT2D eigenvalue weighted by molar-refractivity contribution is 7.93. The van der Waals surface area contributed by atoms with Crippen LogP contribution < -0.4 is 10.4 Å². The summed E-state index contributed by atoms with van der Waals surface area (Å²) in [6.07, 6.45) is -0.313. The van der Waals surface area contributed by atoms with Crippen molar-refractivity contribution in [2.45, 2.75) is 13.3 Å². The van der Waals surface area contributed by atoms with Crippen molar-refractivity contribution in [2.75, 3.05) is 7.05 Å². The Hall–Kier alpha value is -0.910. The number of nitrogens with zero attached hydrogens (tertiary/aromatic N) is 1. The van der Waals surface area contributed by atoms with Crippen LogP contribution in [0.4, 0.5) is 4.79 Å². The fourth-order valence-electron chi connectivity index (χ4n) is 0.200. The summed E-state index contributed by atoms with van der Waals surface area (Å²) < 4.78 is 7.67. The fraction of sp³-hybridized carbons (Fsp3) is 0.600. The second-order valence-corrected chi connectivity index (χ2v) is 2.03. The van der Waals surface area contributed by atoms with E-state index >= 15 is 0 Å². The molecule has 11 heavy (non-hydrogen) atoms. The molecule has 0 spiro atoms. The van der Waals surface area contributed by atoms with Gasteiger partial charge in [0.1, 0.15) is 0 Å². The molecule has 0 rings (SSSR count). The monoisotopic (exact) mass is 177 g/mol. The quantitative estimate of drug-likeness (QED) is 0.286. The lowest BCUT2D eigenvalue weighted by Gasteiger charge is -2.04. The minimum Gasteiger partial charge on any atom is -0.861 e. The summed E-state index contributed by atoms with van der Waals surface area (Å²) in [6, 6.07) is 0. The lowest BCUT2D eigenvalue weighted by molar-refractivity contribution is -0.217. The smallest absolute Gasteiger partial charge is 0.420 e. The standard InChI is InChI=1S/C5H10N2O3S/c1-3-4(8)7-11-10-5(9)6-2/h3H2,1-2H3,(H,6,9)(H,7,8)/p-1. The van der Waals surface area contributed by atoms with Crippen LogP contribution in [0, 0.1) is 0 Å². The zero-order valence-corrected chi connectivity index (χ0v) is 7.10. The zero-order valence-electron chi connectivity index (χ0n) is 6.29. The summed E-state index contributed by atoms with van der Waals surface area (Å²) in [4.78, 5) is 10.4. The molecular weight excluding hydrogens is 168 g/mol. The molecule has 0 heterocycles. The Bertz CT molecular complexity index is 160. The Kier molecular flexibility index (Phi) is 5.36. The number of carbonyl (C=O) groups excluding carboxylic acids is 1. The molecule has 0 unspecified atom stereocenters. The lowest BCUT2D eigenvalue weighted by atomic mass is 10.5. The largest absolute Gasteiger partial charge is 0.861 e. The normalized spacial score (nSPS) is 10.9. The molecule has 0 aromatic heterocycles. The molecule has 0 aliphatic rings. The fourth-order valence-corrected chi connectivity index (χ4v) is 0.601. The van der Waals surface area contributed by atoms with E-state index in [2.05, 4.69) is 13.9 Å². The number of amides is 1. The molecule has 0 aromatic rings. The maximum Gasteiger partial charge on any atom is 0.420 e. The van der Waals surface area contributed by atoms with E-state index < -0.39 is 6.09 Å².